The van der Waals surface area contributed by atoms with Crippen molar-refractivity contribution in [2.45, 2.75) is 6.92 Å². The van der Waals surface area contributed by atoms with Gasteiger partial charge in [0.1, 0.15) is 17.2 Å². The minimum atomic E-state index is -0.623. The number of carbonyl (C=O) groups is 1. The van der Waals surface area contributed by atoms with Crippen LogP contribution in [0.1, 0.15) is 16.2 Å². The average molecular weight is 374 g/mol. The molecule has 140 valence electrons. The molecule has 0 amide bonds. The molecule has 2 N–H and O–H groups in total. The van der Waals surface area contributed by atoms with E-state index in [-0.39, 0.29) is 11.3 Å². The zero-order valence-corrected chi connectivity index (χ0v) is 15.4. The van der Waals surface area contributed by atoms with Crippen molar-refractivity contribution in [2.75, 3.05) is 7.11 Å². The first kappa shape index (κ1) is 17.6. The average Bonchev–Trinajstić information content (AvgIpc) is 3.11. The zero-order valence-electron chi connectivity index (χ0n) is 15.4. The van der Waals surface area contributed by atoms with Crippen molar-refractivity contribution in [3.05, 3.63) is 82.5 Å². The fourth-order valence-corrected chi connectivity index (χ4v) is 3.30. The van der Waals surface area contributed by atoms with E-state index in [1.165, 1.54) is 7.11 Å². The highest BCUT2D eigenvalue weighted by molar-refractivity contribution is 6.07. The number of carbonyl (C=O) groups excluding carboxylic acids is 1. The van der Waals surface area contributed by atoms with E-state index >= 15 is 0 Å². The monoisotopic (exact) mass is 374 g/mol. The molecule has 0 aliphatic heterocycles. The summed E-state index contributed by atoms with van der Waals surface area (Å²) in [4.78, 5) is 30.7. The summed E-state index contributed by atoms with van der Waals surface area (Å²) in [5.74, 6) is 0.605. The first-order chi connectivity index (χ1) is 13.6. The molecule has 2 heterocycles. The van der Waals surface area contributed by atoms with Gasteiger partial charge in [0.05, 0.1) is 12.5 Å². The third kappa shape index (κ3) is 2.95. The van der Waals surface area contributed by atoms with Gasteiger partial charge in [-0.25, -0.2) is 4.79 Å². The number of rotatable bonds is 4. The number of aromatic amines is 2. The Hall–Kier alpha value is -3.80. The van der Waals surface area contributed by atoms with Gasteiger partial charge in [0.15, 0.2) is 0 Å². The van der Waals surface area contributed by atoms with Gasteiger partial charge in [-0.05, 0) is 25.1 Å². The summed E-state index contributed by atoms with van der Waals surface area (Å²) in [5.41, 5.74) is 1.68. The van der Waals surface area contributed by atoms with Gasteiger partial charge in [-0.2, -0.15) is 0 Å². The van der Waals surface area contributed by atoms with E-state index in [1.807, 2.05) is 61.5 Å². The van der Waals surface area contributed by atoms with Crippen LogP contribution in [0.5, 0.6) is 11.5 Å². The predicted octanol–water partition coefficient (Wildman–Crippen LogP) is 4.41. The molecule has 0 saturated heterocycles. The number of nitrogens with one attached hydrogen (secondary N) is 2. The van der Waals surface area contributed by atoms with E-state index in [2.05, 4.69) is 9.97 Å². The Bertz CT molecular complexity index is 1220. The lowest BCUT2D eigenvalue weighted by Gasteiger charge is -2.14. The lowest BCUT2D eigenvalue weighted by molar-refractivity contribution is 0.0595. The highest BCUT2D eigenvalue weighted by atomic mass is 16.5. The van der Waals surface area contributed by atoms with Crippen LogP contribution in [0.2, 0.25) is 0 Å². The molecule has 28 heavy (non-hydrogen) atoms. The lowest BCUT2D eigenvalue weighted by Crippen LogP contribution is -2.16. The van der Waals surface area contributed by atoms with Crippen molar-refractivity contribution in [1.82, 2.24) is 9.97 Å². The van der Waals surface area contributed by atoms with Crippen molar-refractivity contribution in [3.8, 4) is 22.6 Å². The van der Waals surface area contributed by atoms with E-state index < -0.39 is 5.97 Å². The Morgan fingerprint density at radius 1 is 1.00 bits per heavy atom. The molecule has 4 rings (SSSR count). The van der Waals surface area contributed by atoms with E-state index in [9.17, 15) is 9.59 Å². The van der Waals surface area contributed by atoms with Crippen molar-refractivity contribution in [2.24, 2.45) is 0 Å². The largest absolute Gasteiger partial charge is 0.464 e. The van der Waals surface area contributed by atoms with Gasteiger partial charge >= 0.3 is 5.97 Å². The second-order valence-corrected chi connectivity index (χ2v) is 6.31. The number of ether oxygens (including phenoxy) is 2. The van der Waals surface area contributed by atoms with Crippen LogP contribution >= 0.6 is 0 Å². The van der Waals surface area contributed by atoms with Crippen molar-refractivity contribution in [3.63, 3.8) is 0 Å². The Labute approximate surface area is 160 Å². The van der Waals surface area contributed by atoms with Crippen LogP contribution in [0.25, 0.3) is 21.9 Å². The number of hydrogen-bond donors (Lipinski definition) is 2. The fraction of sp³-hybridized carbons (Fsp3) is 0.0909. The summed E-state index contributed by atoms with van der Waals surface area (Å²) >= 11 is 0. The number of esters is 1. The van der Waals surface area contributed by atoms with Gasteiger partial charge in [0.2, 0.25) is 0 Å². The molecule has 0 atom stereocenters. The van der Waals surface area contributed by atoms with Gasteiger partial charge in [-0.3, -0.25) is 4.79 Å². The topological polar surface area (TPSA) is 84.2 Å². The number of fused-ring (bicyclic) bond motifs is 1. The molecule has 0 unspecified atom stereocenters. The van der Waals surface area contributed by atoms with Crippen LogP contribution in [0.15, 0.2) is 65.6 Å². The van der Waals surface area contributed by atoms with Crippen LogP contribution in [0, 0.1) is 6.92 Å². The van der Waals surface area contributed by atoms with Gasteiger partial charge in [0, 0.05) is 28.4 Å². The maximum Gasteiger partial charge on any atom is 0.355 e. The smallest absolute Gasteiger partial charge is 0.355 e. The standard InChI is InChI=1S/C22H18N2O4/c1-13-18-16(12-23-13)19(20(22(26)27-2)24-21(18)25)15-10-6-7-11-17(15)28-14-8-4-3-5-9-14/h3-12,23H,1-2H3,(H,24,25). The summed E-state index contributed by atoms with van der Waals surface area (Å²) in [5, 5.41) is 1.13. The molecular formula is C22H18N2O4. The van der Waals surface area contributed by atoms with Crippen molar-refractivity contribution in [1.29, 1.82) is 0 Å². The van der Waals surface area contributed by atoms with Crippen molar-refractivity contribution < 1.29 is 14.3 Å². The second kappa shape index (κ2) is 7.08. The normalized spacial score (nSPS) is 10.8. The molecule has 4 aromatic rings. The molecule has 6 heteroatoms. The highest BCUT2D eigenvalue weighted by Gasteiger charge is 2.23. The number of hydrogen-bond acceptors (Lipinski definition) is 4. The molecule has 0 fully saturated rings. The summed E-state index contributed by atoms with van der Waals surface area (Å²) < 4.78 is 11.0. The number of aryl methyl sites for hydroxylation is 1. The maximum atomic E-state index is 12.5. The minimum absolute atomic E-state index is 0.0862. The van der Waals surface area contributed by atoms with Crippen LogP contribution < -0.4 is 10.3 Å². The summed E-state index contributed by atoms with van der Waals surface area (Å²) in [6.07, 6.45) is 1.72. The van der Waals surface area contributed by atoms with Crippen LogP contribution in [0.4, 0.5) is 0 Å². The Kier molecular flexibility index (Phi) is 4.45. The molecule has 0 bridgehead atoms. The van der Waals surface area contributed by atoms with Gasteiger partial charge in [0.25, 0.3) is 5.56 Å². The first-order valence-corrected chi connectivity index (χ1v) is 8.74. The number of aromatic nitrogens is 2. The summed E-state index contributed by atoms with van der Waals surface area (Å²) in [6.45, 7) is 1.81. The van der Waals surface area contributed by atoms with E-state index in [0.29, 0.717) is 33.4 Å². The summed E-state index contributed by atoms with van der Waals surface area (Å²) in [6, 6.07) is 16.7. The third-order valence-corrected chi connectivity index (χ3v) is 4.58. The van der Waals surface area contributed by atoms with Crippen LogP contribution in [0.3, 0.4) is 0 Å². The molecule has 6 nitrogen and oxygen atoms in total. The number of para-hydroxylation sites is 2. The van der Waals surface area contributed by atoms with Gasteiger partial charge < -0.3 is 19.4 Å². The zero-order chi connectivity index (χ0) is 19.7. The molecule has 0 aliphatic rings. The Morgan fingerprint density at radius 2 is 1.71 bits per heavy atom. The number of benzene rings is 2. The Balaban J connectivity index is 2.01. The molecule has 0 saturated carbocycles. The number of methoxy groups -OCH3 is 1. The molecule has 0 spiro atoms. The quantitative estimate of drug-likeness (QED) is 0.518. The van der Waals surface area contributed by atoms with E-state index in [4.69, 9.17) is 9.47 Å². The number of H-pyrrole nitrogens is 2. The molecule has 0 radical (unpaired) electrons. The maximum absolute atomic E-state index is 12.5. The van der Waals surface area contributed by atoms with E-state index in [0.717, 1.165) is 5.69 Å². The van der Waals surface area contributed by atoms with Crippen molar-refractivity contribution >= 4 is 16.7 Å². The molecule has 2 aromatic carbocycles. The third-order valence-electron chi connectivity index (χ3n) is 4.58. The first-order valence-electron chi connectivity index (χ1n) is 8.74. The van der Waals surface area contributed by atoms with Crippen LogP contribution in [-0.4, -0.2) is 23.0 Å². The number of pyridine rings is 1. The molecular weight excluding hydrogens is 356 g/mol. The summed E-state index contributed by atoms with van der Waals surface area (Å²) in [7, 11) is 1.28. The van der Waals surface area contributed by atoms with Gasteiger partial charge in [-0.1, -0.05) is 36.4 Å². The highest BCUT2D eigenvalue weighted by Crippen LogP contribution is 2.38. The minimum Gasteiger partial charge on any atom is -0.464 e. The SMILES string of the molecule is COC(=O)c1[nH]c(=O)c2c(C)[nH]cc2c1-c1ccccc1Oc1ccccc1. The van der Waals surface area contributed by atoms with Gasteiger partial charge in [-0.15, -0.1) is 0 Å². The fourth-order valence-electron chi connectivity index (χ4n) is 3.30. The van der Waals surface area contributed by atoms with E-state index in [1.54, 1.807) is 6.20 Å². The lowest BCUT2D eigenvalue weighted by atomic mass is 9.98. The second-order valence-electron chi connectivity index (χ2n) is 6.31. The Morgan fingerprint density at radius 3 is 2.46 bits per heavy atom. The molecule has 0 aliphatic carbocycles. The van der Waals surface area contributed by atoms with Crippen LogP contribution in [-0.2, 0) is 4.74 Å². The molecule has 2 aromatic heterocycles. The predicted molar refractivity (Wildman–Crippen MR) is 107 cm³/mol.